The van der Waals surface area contributed by atoms with Gasteiger partial charge in [-0.15, -0.1) is 0 Å². The van der Waals surface area contributed by atoms with E-state index in [-0.39, 0.29) is 17.9 Å². The van der Waals surface area contributed by atoms with Crippen molar-refractivity contribution >= 4 is 23.0 Å². The van der Waals surface area contributed by atoms with Crippen molar-refractivity contribution in [3.05, 3.63) is 24.0 Å². The molecule has 1 N–H and O–H groups in total. The van der Waals surface area contributed by atoms with Gasteiger partial charge in [-0.25, -0.2) is 9.50 Å². The minimum absolute atomic E-state index is 0.0231. The van der Waals surface area contributed by atoms with Crippen LogP contribution in [0.2, 0.25) is 0 Å². The van der Waals surface area contributed by atoms with Crippen molar-refractivity contribution in [3.8, 4) is 0 Å². The first-order valence-electron chi connectivity index (χ1n) is 6.82. The van der Waals surface area contributed by atoms with Crippen LogP contribution in [0.3, 0.4) is 0 Å². The molecule has 0 spiro atoms. The van der Waals surface area contributed by atoms with Gasteiger partial charge in [-0.2, -0.15) is 5.10 Å². The van der Waals surface area contributed by atoms with E-state index in [1.807, 2.05) is 12.3 Å². The molecule has 3 rings (SSSR count). The van der Waals surface area contributed by atoms with Crippen LogP contribution in [0.5, 0.6) is 0 Å². The second-order valence-electron chi connectivity index (χ2n) is 5.16. The van der Waals surface area contributed by atoms with E-state index in [1.54, 1.807) is 10.7 Å². The summed E-state index contributed by atoms with van der Waals surface area (Å²) in [5, 5.41) is 12.2. The minimum atomic E-state index is -0.0231. The Kier molecular flexibility index (Phi) is 3.22. The van der Waals surface area contributed by atoms with Gasteiger partial charge in [0.05, 0.1) is 17.5 Å². The average Bonchev–Trinajstić information content (AvgIpc) is 3.06. The maximum absolute atomic E-state index is 11.2. The van der Waals surface area contributed by atoms with Gasteiger partial charge in [0, 0.05) is 25.7 Å². The number of Topliss-reactive ketones (excluding diaryl/α,β-unsaturated/α-hetero) is 1. The Labute approximate surface area is 116 Å². The van der Waals surface area contributed by atoms with Gasteiger partial charge >= 0.3 is 0 Å². The van der Waals surface area contributed by atoms with E-state index in [0.717, 1.165) is 18.9 Å². The van der Waals surface area contributed by atoms with Crippen LogP contribution in [-0.4, -0.2) is 39.2 Å². The third-order valence-corrected chi connectivity index (χ3v) is 3.54. The molecule has 0 bridgehead atoms. The lowest BCUT2D eigenvalue weighted by Gasteiger charge is -2.16. The Morgan fingerprint density at radius 1 is 1.40 bits per heavy atom. The number of rotatable bonds is 4. The number of carbonyl (C=O) groups is 1. The molecule has 0 aromatic carbocycles. The summed E-state index contributed by atoms with van der Waals surface area (Å²) in [6, 6.07) is 1.95. The standard InChI is InChI=1S/C14H17N5O/c1-10(20)8-12(15)11-9-16-19-7-4-13(17-14(11)19)18-5-2-3-6-18/h4,7,9,15H,2-3,5-6,8H2,1H3. The fourth-order valence-electron chi connectivity index (χ4n) is 2.54. The SMILES string of the molecule is CC(=O)CC(=N)c1cnn2ccc(N3CCCC3)nc12. The third kappa shape index (κ3) is 2.29. The molecule has 0 unspecified atom stereocenters. The molecule has 104 valence electrons. The van der Waals surface area contributed by atoms with E-state index < -0.39 is 0 Å². The summed E-state index contributed by atoms with van der Waals surface area (Å²) >= 11 is 0. The average molecular weight is 271 g/mol. The smallest absolute Gasteiger partial charge is 0.166 e. The summed E-state index contributed by atoms with van der Waals surface area (Å²) in [5.41, 5.74) is 1.57. The Morgan fingerprint density at radius 3 is 2.85 bits per heavy atom. The van der Waals surface area contributed by atoms with E-state index >= 15 is 0 Å². The van der Waals surface area contributed by atoms with Crippen LogP contribution in [0, 0.1) is 5.41 Å². The molecule has 1 saturated heterocycles. The Hall–Kier alpha value is -2.24. The molecule has 2 aromatic heterocycles. The van der Waals surface area contributed by atoms with Crippen LogP contribution in [0.4, 0.5) is 5.82 Å². The summed E-state index contributed by atoms with van der Waals surface area (Å²) in [6.07, 6.45) is 5.98. The van der Waals surface area contributed by atoms with E-state index in [9.17, 15) is 4.79 Å². The zero-order valence-electron chi connectivity index (χ0n) is 11.5. The normalized spacial score (nSPS) is 14.9. The second kappa shape index (κ2) is 5.03. The largest absolute Gasteiger partial charge is 0.357 e. The molecule has 0 radical (unpaired) electrons. The number of nitrogens with zero attached hydrogens (tertiary/aromatic N) is 4. The van der Waals surface area contributed by atoms with Crippen molar-refractivity contribution in [3.63, 3.8) is 0 Å². The predicted octanol–water partition coefficient (Wildman–Crippen LogP) is 1.68. The van der Waals surface area contributed by atoms with Gasteiger partial charge < -0.3 is 10.3 Å². The number of hydrogen-bond donors (Lipinski definition) is 1. The van der Waals surface area contributed by atoms with Crippen molar-refractivity contribution in [2.24, 2.45) is 0 Å². The van der Waals surface area contributed by atoms with Crippen molar-refractivity contribution in [2.75, 3.05) is 18.0 Å². The summed E-state index contributed by atoms with van der Waals surface area (Å²) in [4.78, 5) is 18.0. The van der Waals surface area contributed by atoms with Gasteiger partial charge in [0.15, 0.2) is 5.65 Å². The number of carbonyl (C=O) groups excluding carboxylic acids is 1. The lowest BCUT2D eigenvalue weighted by Crippen LogP contribution is -2.19. The molecule has 20 heavy (non-hydrogen) atoms. The van der Waals surface area contributed by atoms with Crippen molar-refractivity contribution in [1.82, 2.24) is 14.6 Å². The van der Waals surface area contributed by atoms with Crippen LogP contribution < -0.4 is 4.90 Å². The van der Waals surface area contributed by atoms with Crippen LogP contribution in [0.1, 0.15) is 31.7 Å². The lowest BCUT2D eigenvalue weighted by molar-refractivity contribution is -0.115. The van der Waals surface area contributed by atoms with Crippen LogP contribution in [0.15, 0.2) is 18.5 Å². The van der Waals surface area contributed by atoms with E-state index in [0.29, 0.717) is 11.2 Å². The van der Waals surface area contributed by atoms with Crippen molar-refractivity contribution in [2.45, 2.75) is 26.2 Å². The number of nitrogens with one attached hydrogen (secondary N) is 1. The molecule has 1 aliphatic heterocycles. The van der Waals surface area contributed by atoms with E-state index in [1.165, 1.54) is 19.8 Å². The highest BCUT2D eigenvalue weighted by atomic mass is 16.1. The molecule has 2 aromatic rings. The van der Waals surface area contributed by atoms with Crippen LogP contribution in [0.25, 0.3) is 5.65 Å². The first-order chi connectivity index (χ1) is 9.65. The van der Waals surface area contributed by atoms with E-state index in [4.69, 9.17) is 5.41 Å². The molecule has 0 aliphatic carbocycles. The second-order valence-corrected chi connectivity index (χ2v) is 5.16. The van der Waals surface area contributed by atoms with Gasteiger partial charge in [0.1, 0.15) is 11.6 Å². The molecule has 6 nitrogen and oxygen atoms in total. The molecule has 6 heteroatoms. The van der Waals surface area contributed by atoms with Gasteiger partial charge in [-0.1, -0.05) is 0 Å². The molecule has 0 saturated carbocycles. The topological polar surface area (TPSA) is 74.3 Å². The maximum Gasteiger partial charge on any atom is 0.166 e. The number of ketones is 1. The Bertz CT molecular complexity index is 669. The molecule has 3 heterocycles. The van der Waals surface area contributed by atoms with Crippen LogP contribution >= 0.6 is 0 Å². The first-order valence-corrected chi connectivity index (χ1v) is 6.82. The fourth-order valence-corrected chi connectivity index (χ4v) is 2.54. The maximum atomic E-state index is 11.2. The van der Waals surface area contributed by atoms with Gasteiger partial charge in [0.25, 0.3) is 0 Å². The highest BCUT2D eigenvalue weighted by Gasteiger charge is 2.17. The number of anilines is 1. The van der Waals surface area contributed by atoms with Crippen LogP contribution in [-0.2, 0) is 4.79 Å². The van der Waals surface area contributed by atoms with Crippen molar-refractivity contribution in [1.29, 1.82) is 5.41 Å². The summed E-state index contributed by atoms with van der Waals surface area (Å²) in [6.45, 7) is 3.54. The number of fused-ring (bicyclic) bond motifs is 1. The highest BCUT2D eigenvalue weighted by molar-refractivity contribution is 6.11. The highest BCUT2D eigenvalue weighted by Crippen LogP contribution is 2.20. The Morgan fingerprint density at radius 2 is 2.15 bits per heavy atom. The molecule has 0 amide bonds. The molecule has 1 aliphatic rings. The van der Waals surface area contributed by atoms with Gasteiger partial charge in [0.2, 0.25) is 0 Å². The zero-order valence-corrected chi connectivity index (χ0v) is 11.5. The molecular weight excluding hydrogens is 254 g/mol. The van der Waals surface area contributed by atoms with Crippen molar-refractivity contribution < 1.29 is 4.79 Å². The predicted molar refractivity (Wildman–Crippen MR) is 76.6 cm³/mol. The number of hydrogen-bond acceptors (Lipinski definition) is 5. The van der Waals surface area contributed by atoms with Gasteiger partial charge in [-0.05, 0) is 25.8 Å². The van der Waals surface area contributed by atoms with Gasteiger partial charge in [-0.3, -0.25) is 4.79 Å². The first kappa shape index (κ1) is 12.8. The summed E-state index contributed by atoms with van der Waals surface area (Å²) < 4.78 is 1.66. The fraction of sp³-hybridized carbons (Fsp3) is 0.429. The zero-order chi connectivity index (χ0) is 14.1. The quantitative estimate of drug-likeness (QED) is 0.858. The monoisotopic (exact) mass is 271 g/mol. The molecule has 0 atom stereocenters. The number of aromatic nitrogens is 3. The summed E-state index contributed by atoms with van der Waals surface area (Å²) in [5.74, 6) is 0.900. The lowest BCUT2D eigenvalue weighted by atomic mass is 10.1. The molecule has 1 fully saturated rings. The van der Waals surface area contributed by atoms with E-state index in [2.05, 4.69) is 15.0 Å². The molecular formula is C14H17N5O. The summed E-state index contributed by atoms with van der Waals surface area (Å²) in [7, 11) is 0. The minimum Gasteiger partial charge on any atom is -0.357 e. The third-order valence-electron chi connectivity index (χ3n) is 3.54. The Balaban J connectivity index is 1.98.